The van der Waals surface area contributed by atoms with Crippen LogP contribution in [0.1, 0.15) is 0 Å². The average molecular weight is 201 g/mol. The molecule has 0 saturated heterocycles. The third-order valence-electron chi connectivity index (χ3n) is 1.72. The molecular formula is C8H6Cl2N2. The molecule has 0 saturated carbocycles. The Bertz CT molecular complexity index is 434. The minimum absolute atomic E-state index is 0.618. The van der Waals surface area contributed by atoms with E-state index in [1.807, 2.05) is 12.1 Å². The number of halogens is 2. The number of rotatable bonds is 0. The fourth-order valence-corrected chi connectivity index (χ4v) is 1.50. The molecule has 0 unspecified atom stereocenters. The van der Waals surface area contributed by atoms with Crippen LogP contribution in [0.4, 0.5) is 0 Å². The molecule has 62 valence electrons. The maximum Gasteiger partial charge on any atom is 0.134 e. The molecule has 0 aliphatic rings. The van der Waals surface area contributed by atoms with Crippen molar-refractivity contribution in [2.75, 3.05) is 0 Å². The normalized spacial score (nSPS) is 10.9. The van der Waals surface area contributed by atoms with Gasteiger partial charge in [-0.3, -0.25) is 4.68 Å². The summed E-state index contributed by atoms with van der Waals surface area (Å²) in [6.45, 7) is 0. The van der Waals surface area contributed by atoms with Crippen LogP contribution in [-0.4, -0.2) is 9.78 Å². The van der Waals surface area contributed by atoms with Crippen LogP contribution in [-0.2, 0) is 7.05 Å². The first-order valence-electron chi connectivity index (χ1n) is 3.46. The lowest BCUT2D eigenvalue weighted by Gasteiger charge is -1.89. The van der Waals surface area contributed by atoms with Crippen molar-refractivity contribution in [2.24, 2.45) is 7.05 Å². The van der Waals surface area contributed by atoms with Crippen LogP contribution in [0.5, 0.6) is 0 Å². The van der Waals surface area contributed by atoms with E-state index in [1.54, 1.807) is 17.8 Å². The summed E-state index contributed by atoms with van der Waals surface area (Å²) in [4.78, 5) is 0. The molecule has 0 radical (unpaired) electrons. The van der Waals surface area contributed by atoms with E-state index >= 15 is 0 Å². The van der Waals surface area contributed by atoms with E-state index < -0.39 is 0 Å². The molecule has 0 bridgehead atoms. The van der Waals surface area contributed by atoms with Crippen molar-refractivity contribution in [1.82, 2.24) is 9.78 Å². The van der Waals surface area contributed by atoms with Crippen molar-refractivity contribution < 1.29 is 0 Å². The zero-order chi connectivity index (χ0) is 8.72. The lowest BCUT2D eigenvalue weighted by atomic mass is 10.3. The molecular weight excluding hydrogens is 195 g/mol. The SMILES string of the molecule is Cn1nc2ccc(Cl)cc2c1Cl. The fraction of sp³-hybridized carbons (Fsp3) is 0.125. The van der Waals surface area contributed by atoms with E-state index in [-0.39, 0.29) is 0 Å². The lowest BCUT2D eigenvalue weighted by Crippen LogP contribution is -1.87. The van der Waals surface area contributed by atoms with Crippen LogP contribution in [0.25, 0.3) is 10.9 Å². The maximum atomic E-state index is 5.96. The molecule has 0 aliphatic heterocycles. The van der Waals surface area contributed by atoms with Crippen LogP contribution in [0.3, 0.4) is 0 Å². The van der Waals surface area contributed by atoms with Gasteiger partial charge in [0.2, 0.25) is 0 Å². The number of aromatic nitrogens is 2. The van der Waals surface area contributed by atoms with Gasteiger partial charge in [-0.1, -0.05) is 23.2 Å². The average Bonchev–Trinajstić information content (AvgIpc) is 2.31. The molecule has 0 spiro atoms. The summed E-state index contributed by atoms with van der Waals surface area (Å²) in [5, 5.41) is 6.37. The highest BCUT2D eigenvalue weighted by Crippen LogP contribution is 2.25. The Hall–Kier alpha value is -0.730. The van der Waals surface area contributed by atoms with Crippen molar-refractivity contribution in [3.8, 4) is 0 Å². The molecule has 1 aromatic carbocycles. The topological polar surface area (TPSA) is 17.8 Å². The highest BCUT2D eigenvalue weighted by Gasteiger charge is 2.05. The van der Waals surface area contributed by atoms with Gasteiger partial charge in [0.15, 0.2) is 0 Å². The van der Waals surface area contributed by atoms with Crippen LogP contribution in [0.15, 0.2) is 18.2 Å². The first-order chi connectivity index (χ1) is 5.68. The van der Waals surface area contributed by atoms with E-state index in [4.69, 9.17) is 23.2 Å². The monoisotopic (exact) mass is 200 g/mol. The largest absolute Gasteiger partial charge is 0.256 e. The van der Waals surface area contributed by atoms with Gasteiger partial charge in [-0.15, -0.1) is 0 Å². The number of fused-ring (bicyclic) bond motifs is 1. The summed E-state index contributed by atoms with van der Waals surface area (Å²) < 4.78 is 1.63. The zero-order valence-electron chi connectivity index (χ0n) is 6.38. The van der Waals surface area contributed by atoms with Gasteiger partial charge >= 0.3 is 0 Å². The number of hydrogen-bond donors (Lipinski definition) is 0. The highest BCUT2D eigenvalue weighted by molar-refractivity contribution is 6.36. The first kappa shape index (κ1) is 7.90. The van der Waals surface area contributed by atoms with Gasteiger partial charge in [0.05, 0.1) is 5.52 Å². The van der Waals surface area contributed by atoms with Gasteiger partial charge in [-0.2, -0.15) is 5.10 Å². The summed E-state index contributed by atoms with van der Waals surface area (Å²) in [7, 11) is 1.80. The predicted molar refractivity (Wildman–Crippen MR) is 50.7 cm³/mol. The van der Waals surface area contributed by atoms with Crippen molar-refractivity contribution in [3.05, 3.63) is 28.4 Å². The summed E-state index contributed by atoms with van der Waals surface area (Å²) in [6.07, 6.45) is 0. The number of benzene rings is 1. The number of aryl methyl sites for hydroxylation is 1. The minimum atomic E-state index is 0.618. The Kier molecular flexibility index (Phi) is 1.74. The zero-order valence-corrected chi connectivity index (χ0v) is 7.89. The van der Waals surface area contributed by atoms with E-state index in [1.165, 1.54) is 0 Å². The van der Waals surface area contributed by atoms with Gasteiger partial charge in [0, 0.05) is 17.5 Å². The van der Waals surface area contributed by atoms with E-state index in [2.05, 4.69) is 5.10 Å². The molecule has 0 amide bonds. The maximum absolute atomic E-state index is 5.96. The molecule has 2 nitrogen and oxygen atoms in total. The van der Waals surface area contributed by atoms with Crippen molar-refractivity contribution >= 4 is 34.1 Å². The van der Waals surface area contributed by atoms with Gasteiger partial charge < -0.3 is 0 Å². The first-order valence-corrected chi connectivity index (χ1v) is 4.22. The second-order valence-corrected chi connectivity index (χ2v) is 3.37. The molecule has 1 heterocycles. The number of nitrogens with zero attached hydrogens (tertiary/aromatic N) is 2. The van der Waals surface area contributed by atoms with E-state index in [0.29, 0.717) is 10.2 Å². The molecule has 0 aliphatic carbocycles. The Balaban J connectivity index is 2.88. The molecule has 4 heteroatoms. The van der Waals surface area contributed by atoms with Crippen molar-refractivity contribution in [1.29, 1.82) is 0 Å². The van der Waals surface area contributed by atoms with E-state index in [9.17, 15) is 0 Å². The summed E-state index contributed by atoms with van der Waals surface area (Å²) >= 11 is 11.8. The quantitative estimate of drug-likeness (QED) is 0.640. The van der Waals surface area contributed by atoms with Crippen LogP contribution in [0.2, 0.25) is 10.2 Å². The van der Waals surface area contributed by atoms with Gasteiger partial charge in [0.25, 0.3) is 0 Å². The molecule has 0 fully saturated rings. The second-order valence-electron chi connectivity index (χ2n) is 2.58. The molecule has 2 aromatic rings. The Morgan fingerprint density at radius 3 is 2.83 bits per heavy atom. The van der Waals surface area contributed by atoms with Crippen LogP contribution < -0.4 is 0 Å². The van der Waals surface area contributed by atoms with Crippen molar-refractivity contribution in [2.45, 2.75) is 0 Å². The lowest BCUT2D eigenvalue weighted by molar-refractivity contribution is 0.780. The van der Waals surface area contributed by atoms with E-state index in [0.717, 1.165) is 10.9 Å². The van der Waals surface area contributed by atoms with Gasteiger partial charge in [-0.05, 0) is 18.2 Å². The van der Waals surface area contributed by atoms with Crippen LogP contribution >= 0.6 is 23.2 Å². The standard InChI is InChI=1S/C8H6Cl2N2/c1-12-8(10)6-4-5(9)2-3-7(6)11-12/h2-4H,1H3. The van der Waals surface area contributed by atoms with Crippen molar-refractivity contribution in [3.63, 3.8) is 0 Å². The molecule has 1 aromatic heterocycles. The Morgan fingerprint density at radius 2 is 2.08 bits per heavy atom. The molecule has 0 atom stereocenters. The summed E-state index contributed by atoms with van der Waals surface area (Å²) in [6, 6.07) is 5.46. The number of hydrogen-bond acceptors (Lipinski definition) is 1. The minimum Gasteiger partial charge on any atom is -0.256 e. The smallest absolute Gasteiger partial charge is 0.134 e. The Labute approximate surface area is 79.7 Å². The highest BCUT2D eigenvalue weighted by atomic mass is 35.5. The molecule has 0 N–H and O–H groups in total. The second kappa shape index (κ2) is 2.64. The predicted octanol–water partition coefficient (Wildman–Crippen LogP) is 2.88. The van der Waals surface area contributed by atoms with Gasteiger partial charge in [0.1, 0.15) is 5.15 Å². The fourth-order valence-electron chi connectivity index (χ4n) is 1.14. The van der Waals surface area contributed by atoms with Crippen LogP contribution in [0, 0.1) is 0 Å². The third kappa shape index (κ3) is 1.08. The Morgan fingerprint density at radius 1 is 1.33 bits per heavy atom. The summed E-state index contributed by atoms with van der Waals surface area (Å²) in [5.41, 5.74) is 0.868. The molecule has 12 heavy (non-hydrogen) atoms. The third-order valence-corrected chi connectivity index (χ3v) is 2.41. The van der Waals surface area contributed by atoms with Gasteiger partial charge in [-0.25, -0.2) is 0 Å². The molecule has 2 rings (SSSR count). The summed E-state index contributed by atoms with van der Waals surface area (Å²) in [5.74, 6) is 0.